The molecule has 1 amide bonds. The molecule has 5 heteroatoms. The SMILES string of the molecule is CCC(N)(CC)CNC(=O)c1cc(C2CC2)on1. The summed E-state index contributed by atoms with van der Waals surface area (Å²) in [5, 5.41) is 6.63. The van der Waals surface area contributed by atoms with Gasteiger partial charge in [-0.15, -0.1) is 0 Å². The Morgan fingerprint density at radius 3 is 2.78 bits per heavy atom. The van der Waals surface area contributed by atoms with Crippen LogP contribution in [-0.4, -0.2) is 23.1 Å². The third-order valence-corrected chi connectivity index (χ3v) is 3.75. The van der Waals surface area contributed by atoms with E-state index in [-0.39, 0.29) is 11.4 Å². The van der Waals surface area contributed by atoms with Crippen LogP contribution in [0.1, 0.15) is 61.7 Å². The number of hydrogen-bond acceptors (Lipinski definition) is 4. The minimum Gasteiger partial charge on any atom is -0.360 e. The predicted molar refractivity (Wildman–Crippen MR) is 68.3 cm³/mol. The van der Waals surface area contributed by atoms with Crippen molar-refractivity contribution in [2.24, 2.45) is 5.73 Å². The van der Waals surface area contributed by atoms with Gasteiger partial charge in [-0.3, -0.25) is 4.79 Å². The molecule has 0 radical (unpaired) electrons. The van der Waals surface area contributed by atoms with E-state index in [9.17, 15) is 4.79 Å². The number of hydrogen-bond donors (Lipinski definition) is 2. The number of nitrogens with two attached hydrogens (primary N) is 1. The topological polar surface area (TPSA) is 81.1 Å². The van der Waals surface area contributed by atoms with Gasteiger partial charge in [0.2, 0.25) is 0 Å². The van der Waals surface area contributed by atoms with E-state index in [0.29, 0.717) is 18.2 Å². The molecule has 0 unspecified atom stereocenters. The number of carbonyl (C=O) groups excluding carboxylic acids is 1. The van der Waals surface area contributed by atoms with Crippen molar-refractivity contribution < 1.29 is 9.32 Å². The van der Waals surface area contributed by atoms with Crippen LogP contribution in [0.3, 0.4) is 0 Å². The molecule has 0 saturated heterocycles. The third-order valence-electron chi connectivity index (χ3n) is 3.75. The minimum absolute atomic E-state index is 0.206. The average Bonchev–Trinajstić information content (AvgIpc) is 3.13. The molecule has 0 bridgehead atoms. The molecule has 5 nitrogen and oxygen atoms in total. The maximum Gasteiger partial charge on any atom is 0.273 e. The highest BCUT2D eigenvalue weighted by molar-refractivity contribution is 5.92. The second-order valence-corrected chi connectivity index (χ2v) is 5.14. The quantitative estimate of drug-likeness (QED) is 0.807. The molecular weight excluding hydrogens is 230 g/mol. The van der Waals surface area contributed by atoms with Crippen LogP contribution in [0.4, 0.5) is 0 Å². The lowest BCUT2D eigenvalue weighted by Gasteiger charge is -2.26. The number of nitrogens with one attached hydrogen (secondary N) is 1. The van der Waals surface area contributed by atoms with Gasteiger partial charge in [0.1, 0.15) is 5.76 Å². The molecule has 100 valence electrons. The lowest BCUT2D eigenvalue weighted by atomic mass is 9.94. The van der Waals surface area contributed by atoms with E-state index in [0.717, 1.165) is 31.4 Å². The lowest BCUT2D eigenvalue weighted by Crippen LogP contribution is -2.49. The first kappa shape index (κ1) is 13.1. The molecule has 0 spiro atoms. The number of carbonyl (C=O) groups is 1. The zero-order chi connectivity index (χ0) is 13.2. The van der Waals surface area contributed by atoms with Crippen LogP contribution in [0.2, 0.25) is 0 Å². The number of rotatable bonds is 6. The standard InChI is InChI=1S/C13H21N3O2/c1-3-13(14,4-2)8-15-12(17)10-7-11(18-16-10)9-5-6-9/h7,9H,3-6,8,14H2,1-2H3,(H,15,17). The first-order valence-electron chi connectivity index (χ1n) is 6.61. The van der Waals surface area contributed by atoms with Crippen LogP contribution in [0.15, 0.2) is 10.6 Å². The fraction of sp³-hybridized carbons (Fsp3) is 0.692. The maximum absolute atomic E-state index is 11.9. The van der Waals surface area contributed by atoms with E-state index in [4.69, 9.17) is 10.3 Å². The van der Waals surface area contributed by atoms with Crippen molar-refractivity contribution in [3.05, 3.63) is 17.5 Å². The Kier molecular flexibility index (Phi) is 3.71. The van der Waals surface area contributed by atoms with Crippen molar-refractivity contribution in [3.8, 4) is 0 Å². The largest absolute Gasteiger partial charge is 0.360 e. The van der Waals surface area contributed by atoms with E-state index < -0.39 is 0 Å². The summed E-state index contributed by atoms with van der Waals surface area (Å²) in [4.78, 5) is 11.9. The third kappa shape index (κ3) is 2.90. The normalized spacial score (nSPS) is 15.7. The summed E-state index contributed by atoms with van der Waals surface area (Å²) in [7, 11) is 0. The van der Waals surface area contributed by atoms with Gasteiger partial charge in [-0.25, -0.2) is 0 Å². The molecule has 1 aromatic heterocycles. The Morgan fingerprint density at radius 2 is 2.22 bits per heavy atom. The van der Waals surface area contributed by atoms with Gasteiger partial charge in [-0.1, -0.05) is 19.0 Å². The summed E-state index contributed by atoms with van der Waals surface area (Å²) in [6.07, 6.45) is 3.92. The number of aromatic nitrogens is 1. The fourth-order valence-electron chi connectivity index (χ4n) is 1.80. The summed E-state index contributed by atoms with van der Waals surface area (Å²) in [6, 6.07) is 1.74. The van der Waals surface area contributed by atoms with Crippen molar-refractivity contribution in [1.29, 1.82) is 0 Å². The molecule has 1 saturated carbocycles. The molecule has 18 heavy (non-hydrogen) atoms. The van der Waals surface area contributed by atoms with E-state index in [2.05, 4.69) is 10.5 Å². The second-order valence-electron chi connectivity index (χ2n) is 5.14. The van der Waals surface area contributed by atoms with Crippen LogP contribution < -0.4 is 11.1 Å². The zero-order valence-corrected chi connectivity index (χ0v) is 11.0. The molecular formula is C13H21N3O2. The van der Waals surface area contributed by atoms with Gasteiger partial charge in [0.25, 0.3) is 5.91 Å². The Hall–Kier alpha value is -1.36. The second kappa shape index (κ2) is 5.10. The molecule has 1 aliphatic carbocycles. The van der Waals surface area contributed by atoms with Gasteiger partial charge in [0.05, 0.1) is 0 Å². The molecule has 0 atom stereocenters. The van der Waals surface area contributed by atoms with Crippen molar-refractivity contribution in [1.82, 2.24) is 10.5 Å². The van der Waals surface area contributed by atoms with E-state index in [1.807, 2.05) is 13.8 Å². The fourth-order valence-corrected chi connectivity index (χ4v) is 1.80. The zero-order valence-electron chi connectivity index (χ0n) is 11.0. The lowest BCUT2D eigenvalue weighted by molar-refractivity contribution is 0.0933. The summed E-state index contributed by atoms with van der Waals surface area (Å²) < 4.78 is 5.15. The van der Waals surface area contributed by atoms with E-state index in [1.165, 1.54) is 0 Å². The molecule has 3 N–H and O–H groups in total. The molecule has 1 fully saturated rings. The highest BCUT2D eigenvalue weighted by Crippen LogP contribution is 2.40. The van der Waals surface area contributed by atoms with Crippen LogP contribution >= 0.6 is 0 Å². The summed E-state index contributed by atoms with van der Waals surface area (Å²) in [5.41, 5.74) is 6.15. The Bertz CT molecular complexity index is 420. The van der Waals surface area contributed by atoms with Crippen molar-refractivity contribution in [3.63, 3.8) is 0 Å². The molecule has 1 heterocycles. The highest BCUT2D eigenvalue weighted by Gasteiger charge is 2.29. The Morgan fingerprint density at radius 1 is 1.56 bits per heavy atom. The first-order chi connectivity index (χ1) is 8.58. The Labute approximate surface area is 107 Å². The summed E-state index contributed by atoms with van der Waals surface area (Å²) in [5.74, 6) is 1.09. The van der Waals surface area contributed by atoms with Gasteiger partial charge in [0, 0.05) is 24.1 Å². The molecule has 0 aliphatic heterocycles. The molecule has 2 rings (SSSR count). The number of nitrogens with zero attached hydrogens (tertiary/aromatic N) is 1. The first-order valence-corrected chi connectivity index (χ1v) is 6.61. The van der Waals surface area contributed by atoms with Crippen molar-refractivity contribution in [2.45, 2.75) is 51.0 Å². The van der Waals surface area contributed by atoms with Crippen molar-refractivity contribution in [2.75, 3.05) is 6.54 Å². The van der Waals surface area contributed by atoms with Crippen LogP contribution in [0.5, 0.6) is 0 Å². The maximum atomic E-state index is 11.9. The average molecular weight is 251 g/mol. The van der Waals surface area contributed by atoms with Gasteiger partial charge in [-0.05, 0) is 25.7 Å². The van der Waals surface area contributed by atoms with Gasteiger partial charge >= 0.3 is 0 Å². The summed E-state index contributed by atoms with van der Waals surface area (Å²) in [6.45, 7) is 4.51. The van der Waals surface area contributed by atoms with Crippen LogP contribution in [0.25, 0.3) is 0 Å². The number of amides is 1. The van der Waals surface area contributed by atoms with E-state index in [1.54, 1.807) is 6.07 Å². The molecule has 1 aromatic rings. The van der Waals surface area contributed by atoms with Crippen LogP contribution in [0, 0.1) is 0 Å². The molecule has 1 aliphatic rings. The smallest absolute Gasteiger partial charge is 0.273 e. The highest BCUT2D eigenvalue weighted by atomic mass is 16.5. The summed E-state index contributed by atoms with van der Waals surface area (Å²) >= 11 is 0. The van der Waals surface area contributed by atoms with Gasteiger partial charge < -0.3 is 15.6 Å². The van der Waals surface area contributed by atoms with Gasteiger partial charge in [-0.2, -0.15) is 0 Å². The van der Waals surface area contributed by atoms with E-state index >= 15 is 0 Å². The van der Waals surface area contributed by atoms with Crippen LogP contribution in [-0.2, 0) is 0 Å². The predicted octanol–water partition coefficient (Wildman–Crippen LogP) is 1.80. The van der Waals surface area contributed by atoms with Crippen molar-refractivity contribution >= 4 is 5.91 Å². The molecule has 0 aromatic carbocycles. The Balaban J connectivity index is 1.90. The minimum atomic E-state index is -0.335. The van der Waals surface area contributed by atoms with Gasteiger partial charge in [0.15, 0.2) is 5.69 Å². The monoisotopic (exact) mass is 251 g/mol.